The molecule has 0 saturated carbocycles. The van der Waals surface area contributed by atoms with E-state index in [4.69, 9.17) is 4.74 Å². The van der Waals surface area contributed by atoms with Gasteiger partial charge in [0.2, 0.25) is 0 Å². The number of aromatic amines is 1. The Labute approximate surface area is 117 Å². The first-order chi connectivity index (χ1) is 9.44. The first-order valence-corrected chi connectivity index (χ1v) is 6.60. The summed E-state index contributed by atoms with van der Waals surface area (Å²) in [4.78, 5) is 26.1. The second kappa shape index (κ2) is 5.66. The molecule has 0 spiro atoms. The van der Waals surface area contributed by atoms with Gasteiger partial charge in [0.1, 0.15) is 11.7 Å². The summed E-state index contributed by atoms with van der Waals surface area (Å²) in [5, 5.41) is 3.19. The van der Waals surface area contributed by atoms with Crippen LogP contribution in [-0.4, -0.2) is 36.7 Å². The van der Waals surface area contributed by atoms with Gasteiger partial charge in [0.15, 0.2) is 0 Å². The third kappa shape index (κ3) is 3.01. The molecule has 0 bridgehead atoms. The third-order valence-electron chi connectivity index (χ3n) is 3.66. The van der Waals surface area contributed by atoms with Gasteiger partial charge in [-0.1, -0.05) is 13.8 Å². The zero-order valence-corrected chi connectivity index (χ0v) is 12.0. The average Bonchev–Trinajstić information content (AvgIpc) is 2.85. The lowest BCUT2D eigenvalue weighted by Gasteiger charge is -2.37. The predicted molar refractivity (Wildman–Crippen MR) is 72.1 cm³/mol. The Balaban J connectivity index is 1.99. The van der Waals surface area contributed by atoms with Crippen molar-refractivity contribution in [3.05, 3.63) is 23.5 Å². The molecule has 0 aliphatic carbocycles. The second-order valence-electron chi connectivity index (χ2n) is 5.61. The van der Waals surface area contributed by atoms with E-state index in [2.05, 4.69) is 15.0 Å². The van der Waals surface area contributed by atoms with Gasteiger partial charge in [-0.25, -0.2) is 4.79 Å². The third-order valence-corrected chi connectivity index (χ3v) is 3.66. The molecule has 1 aliphatic heterocycles. The molecule has 1 atom stereocenters. The molecular formula is C14H20N2O4. The van der Waals surface area contributed by atoms with Gasteiger partial charge in [0.05, 0.1) is 13.7 Å². The van der Waals surface area contributed by atoms with Crippen molar-refractivity contribution < 1.29 is 19.1 Å². The summed E-state index contributed by atoms with van der Waals surface area (Å²) >= 11 is 0. The minimum Gasteiger partial charge on any atom is -0.464 e. The molecule has 2 heterocycles. The number of rotatable bonds is 4. The fraction of sp³-hybridized carbons (Fsp3) is 0.571. The molecule has 0 radical (unpaired) electrons. The Morgan fingerprint density at radius 3 is 2.95 bits per heavy atom. The lowest BCUT2D eigenvalue weighted by Crippen LogP contribution is -2.52. The van der Waals surface area contributed by atoms with Gasteiger partial charge < -0.3 is 14.5 Å². The van der Waals surface area contributed by atoms with Crippen LogP contribution in [0.15, 0.2) is 12.1 Å². The van der Waals surface area contributed by atoms with E-state index in [9.17, 15) is 9.59 Å². The van der Waals surface area contributed by atoms with Crippen molar-refractivity contribution in [2.45, 2.75) is 32.9 Å². The van der Waals surface area contributed by atoms with E-state index >= 15 is 0 Å². The van der Waals surface area contributed by atoms with Crippen molar-refractivity contribution >= 4 is 11.9 Å². The summed E-state index contributed by atoms with van der Waals surface area (Å²) in [5.74, 6) is -0.630. The number of carbonyl (C=O) groups excluding carboxylic acids is 2. The maximum absolute atomic E-state index is 11.8. The summed E-state index contributed by atoms with van der Waals surface area (Å²) in [6, 6.07) is 3.11. The molecule has 6 nitrogen and oxygen atoms in total. The highest BCUT2D eigenvalue weighted by molar-refractivity contribution is 5.87. The summed E-state index contributed by atoms with van der Waals surface area (Å²) in [6.07, 6.45) is 0.828. The van der Waals surface area contributed by atoms with Crippen LogP contribution in [0, 0.1) is 5.41 Å². The quantitative estimate of drug-likeness (QED) is 0.811. The second-order valence-corrected chi connectivity index (χ2v) is 5.61. The Morgan fingerprint density at radius 1 is 1.55 bits per heavy atom. The largest absolute Gasteiger partial charge is 0.464 e. The van der Waals surface area contributed by atoms with E-state index < -0.39 is 5.97 Å². The van der Waals surface area contributed by atoms with Crippen molar-refractivity contribution in [1.82, 2.24) is 10.3 Å². The zero-order chi connectivity index (χ0) is 14.8. The van der Waals surface area contributed by atoms with Crippen molar-refractivity contribution in [2.75, 3.05) is 13.7 Å². The van der Waals surface area contributed by atoms with E-state index in [-0.39, 0.29) is 17.4 Å². The van der Waals surface area contributed by atoms with Crippen molar-refractivity contribution in [1.29, 1.82) is 0 Å². The minimum atomic E-state index is -0.409. The first kappa shape index (κ1) is 14.6. The number of cyclic esters (lactones) is 1. The SMILES string of the molecule is COC(=O)c1ccc(CNC2C(=O)OCCC2(C)C)[nH]1. The van der Waals surface area contributed by atoms with Crippen LogP contribution in [0.5, 0.6) is 0 Å². The Morgan fingerprint density at radius 2 is 2.30 bits per heavy atom. The Bertz CT molecular complexity index is 507. The monoisotopic (exact) mass is 280 g/mol. The van der Waals surface area contributed by atoms with Gasteiger partial charge in [-0.15, -0.1) is 0 Å². The zero-order valence-electron chi connectivity index (χ0n) is 12.0. The number of hydrogen-bond acceptors (Lipinski definition) is 5. The van der Waals surface area contributed by atoms with E-state index in [0.717, 1.165) is 12.1 Å². The highest BCUT2D eigenvalue weighted by Gasteiger charge is 2.39. The van der Waals surface area contributed by atoms with Crippen molar-refractivity contribution in [3.8, 4) is 0 Å². The number of H-pyrrole nitrogens is 1. The summed E-state index contributed by atoms with van der Waals surface area (Å²) < 4.78 is 9.72. The van der Waals surface area contributed by atoms with Gasteiger partial charge in [-0.3, -0.25) is 10.1 Å². The van der Waals surface area contributed by atoms with Crippen LogP contribution < -0.4 is 5.32 Å². The standard InChI is InChI=1S/C14H20N2O4/c1-14(2)6-7-20-13(18)11(14)15-8-9-4-5-10(16-9)12(17)19-3/h4-5,11,15-16H,6-8H2,1-3H3. The van der Waals surface area contributed by atoms with Gasteiger partial charge >= 0.3 is 11.9 Å². The maximum atomic E-state index is 11.8. The number of carbonyl (C=O) groups is 2. The molecule has 0 amide bonds. The minimum absolute atomic E-state index is 0.146. The van der Waals surface area contributed by atoms with Crippen LogP contribution in [0.3, 0.4) is 0 Å². The van der Waals surface area contributed by atoms with Crippen LogP contribution in [0.25, 0.3) is 0 Å². The lowest BCUT2D eigenvalue weighted by molar-refractivity contribution is -0.156. The fourth-order valence-electron chi connectivity index (χ4n) is 2.31. The Kier molecular flexibility index (Phi) is 4.13. The van der Waals surface area contributed by atoms with Gasteiger partial charge in [-0.2, -0.15) is 0 Å². The molecule has 1 unspecified atom stereocenters. The Hall–Kier alpha value is -1.82. The van der Waals surface area contributed by atoms with Crippen LogP contribution in [0.1, 0.15) is 36.5 Å². The van der Waals surface area contributed by atoms with E-state index in [0.29, 0.717) is 18.8 Å². The van der Waals surface area contributed by atoms with Crippen LogP contribution in [0.4, 0.5) is 0 Å². The summed E-state index contributed by atoms with van der Waals surface area (Å²) in [5.41, 5.74) is 1.07. The van der Waals surface area contributed by atoms with Crippen molar-refractivity contribution in [3.63, 3.8) is 0 Å². The number of methoxy groups -OCH3 is 1. The normalized spacial score (nSPS) is 21.4. The van der Waals surface area contributed by atoms with Crippen molar-refractivity contribution in [2.24, 2.45) is 5.41 Å². The molecular weight excluding hydrogens is 260 g/mol. The van der Waals surface area contributed by atoms with E-state index in [1.807, 2.05) is 13.8 Å². The lowest BCUT2D eigenvalue weighted by atomic mass is 9.80. The summed E-state index contributed by atoms with van der Waals surface area (Å²) in [7, 11) is 1.33. The summed E-state index contributed by atoms with van der Waals surface area (Å²) in [6.45, 7) is 5.01. The highest BCUT2D eigenvalue weighted by Crippen LogP contribution is 2.30. The van der Waals surface area contributed by atoms with Crippen LogP contribution in [-0.2, 0) is 20.8 Å². The number of ether oxygens (including phenoxy) is 2. The maximum Gasteiger partial charge on any atom is 0.354 e. The smallest absolute Gasteiger partial charge is 0.354 e. The topological polar surface area (TPSA) is 80.4 Å². The predicted octanol–water partition coefficient (Wildman–Crippen LogP) is 1.23. The fourth-order valence-corrected chi connectivity index (χ4v) is 2.31. The van der Waals surface area contributed by atoms with Gasteiger partial charge in [0.25, 0.3) is 0 Å². The molecule has 1 aromatic heterocycles. The molecule has 20 heavy (non-hydrogen) atoms. The van der Waals surface area contributed by atoms with Gasteiger partial charge in [-0.05, 0) is 24.0 Å². The number of aromatic nitrogens is 1. The molecule has 2 N–H and O–H groups in total. The number of hydrogen-bond donors (Lipinski definition) is 2. The average molecular weight is 280 g/mol. The van der Waals surface area contributed by atoms with Gasteiger partial charge in [0, 0.05) is 12.2 Å². The molecule has 1 fully saturated rings. The van der Waals surface area contributed by atoms with E-state index in [1.165, 1.54) is 7.11 Å². The molecule has 1 saturated heterocycles. The molecule has 110 valence electrons. The van der Waals surface area contributed by atoms with E-state index in [1.54, 1.807) is 12.1 Å². The number of esters is 2. The van der Waals surface area contributed by atoms with Crippen LogP contribution >= 0.6 is 0 Å². The first-order valence-electron chi connectivity index (χ1n) is 6.60. The molecule has 0 aromatic carbocycles. The number of nitrogens with one attached hydrogen (secondary N) is 2. The van der Waals surface area contributed by atoms with Crippen LogP contribution in [0.2, 0.25) is 0 Å². The molecule has 2 rings (SSSR count). The molecule has 1 aromatic rings. The molecule has 1 aliphatic rings. The highest BCUT2D eigenvalue weighted by atomic mass is 16.5. The molecule has 6 heteroatoms.